The van der Waals surface area contributed by atoms with Gasteiger partial charge in [0, 0.05) is 11.6 Å². The SMILES string of the molecule is O=C(NCc1ccc(Cl)cc1)c1nnc(-c2ccco2)o1. The van der Waals surface area contributed by atoms with Crippen molar-refractivity contribution in [3.63, 3.8) is 0 Å². The van der Waals surface area contributed by atoms with E-state index in [9.17, 15) is 4.79 Å². The van der Waals surface area contributed by atoms with Crippen molar-refractivity contribution in [2.75, 3.05) is 0 Å². The number of nitrogens with one attached hydrogen (secondary N) is 1. The number of furan rings is 1. The van der Waals surface area contributed by atoms with Crippen LogP contribution in [0.2, 0.25) is 5.02 Å². The Labute approximate surface area is 124 Å². The molecule has 1 aromatic carbocycles. The maximum atomic E-state index is 11.9. The zero-order valence-electron chi connectivity index (χ0n) is 10.7. The summed E-state index contributed by atoms with van der Waals surface area (Å²) in [5.41, 5.74) is 0.915. The molecule has 0 saturated carbocycles. The molecule has 2 aromatic heterocycles. The first-order valence-electron chi connectivity index (χ1n) is 6.12. The molecule has 106 valence electrons. The first-order valence-corrected chi connectivity index (χ1v) is 6.50. The lowest BCUT2D eigenvalue weighted by molar-refractivity contribution is 0.0916. The second kappa shape index (κ2) is 5.80. The summed E-state index contributed by atoms with van der Waals surface area (Å²) in [5, 5.41) is 10.8. The molecule has 2 heterocycles. The molecule has 0 atom stereocenters. The van der Waals surface area contributed by atoms with Crippen LogP contribution in [0.1, 0.15) is 16.2 Å². The molecule has 6 nitrogen and oxygen atoms in total. The van der Waals surface area contributed by atoms with E-state index in [1.54, 1.807) is 24.3 Å². The summed E-state index contributed by atoms with van der Waals surface area (Å²) in [7, 11) is 0. The summed E-state index contributed by atoms with van der Waals surface area (Å²) in [4.78, 5) is 11.9. The number of hydrogen-bond donors (Lipinski definition) is 1. The van der Waals surface area contributed by atoms with Crippen LogP contribution in [0.3, 0.4) is 0 Å². The van der Waals surface area contributed by atoms with Crippen LogP contribution in [0.5, 0.6) is 0 Å². The van der Waals surface area contributed by atoms with Gasteiger partial charge in [-0.05, 0) is 29.8 Å². The normalized spacial score (nSPS) is 10.5. The van der Waals surface area contributed by atoms with Gasteiger partial charge < -0.3 is 14.2 Å². The molecule has 1 amide bonds. The van der Waals surface area contributed by atoms with E-state index in [-0.39, 0.29) is 11.8 Å². The number of nitrogens with zero attached hydrogens (tertiary/aromatic N) is 2. The average Bonchev–Trinajstić information content (AvgIpc) is 3.17. The molecule has 0 radical (unpaired) electrons. The van der Waals surface area contributed by atoms with Crippen LogP contribution in [0, 0.1) is 0 Å². The van der Waals surface area contributed by atoms with E-state index < -0.39 is 5.91 Å². The Kier molecular flexibility index (Phi) is 3.70. The van der Waals surface area contributed by atoms with Crippen LogP contribution < -0.4 is 5.32 Å². The molecule has 0 aliphatic carbocycles. The number of carbonyl (C=O) groups is 1. The lowest BCUT2D eigenvalue weighted by Crippen LogP contribution is -2.23. The third-order valence-electron chi connectivity index (χ3n) is 2.72. The van der Waals surface area contributed by atoms with Crippen LogP contribution in [-0.2, 0) is 6.54 Å². The van der Waals surface area contributed by atoms with Crippen molar-refractivity contribution in [1.29, 1.82) is 0 Å². The molecule has 3 aromatic rings. The fourth-order valence-corrected chi connectivity index (χ4v) is 1.80. The standard InChI is InChI=1S/C14H10ClN3O3/c15-10-5-3-9(4-6-10)8-16-12(19)14-18-17-13(21-14)11-2-1-7-20-11/h1-7H,8H2,(H,16,19). The molecule has 3 rings (SSSR count). The summed E-state index contributed by atoms with van der Waals surface area (Å²) in [6.45, 7) is 0.342. The number of aromatic nitrogens is 2. The number of hydrogen-bond acceptors (Lipinski definition) is 5. The van der Waals surface area contributed by atoms with E-state index in [1.807, 2.05) is 12.1 Å². The van der Waals surface area contributed by atoms with E-state index in [4.69, 9.17) is 20.4 Å². The predicted octanol–water partition coefficient (Wildman–Crippen LogP) is 2.91. The Morgan fingerprint density at radius 3 is 2.71 bits per heavy atom. The highest BCUT2D eigenvalue weighted by molar-refractivity contribution is 6.30. The van der Waals surface area contributed by atoms with Crippen LogP contribution in [-0.4, -0.2) is 16.1 Å². The summed E-state index contributed by atoms with van der Waals surface area (Å²) in [5.74, 6) is 0.0153. The zero-order valence-corrected chi connectivity index (χ0v) is 11.5. The molecule has 0 fully saturated rings. The predicted molar refractivity (Wildman–Crippen MR) is 74.6 cm³/mol. The second-order valence-corrected chi connectivity index (χ2v) is 4.64. The van der Waals surface area contributed by atoms with Gasteiger partial charge in [-0.15, -0.1) is 10.2 Å². The minimum absolute atomic E-state index is 0.115. The highest BCUT2D eigenvalue weighted by Gasteiger charge is 2.16. The maximum Gasteiger partial charge on any atom is 0.309 e. The number of rotatable bonds is 4. The second-order valence-electron chi connectivity index (χ2n) is 4.20. The summed E-state index contributed by atoms with van der Waals surface area (Å²) < 4.78 is 10.4. The molecule has 0 aliphatic heterocycles. The number of carbonyl (C=O) groups excluding carboxylic acids is 1. The van der Waals surface area contributed by atoms with Crippen LogP contribution in [0.15, 0.2) is 51.5 Å². The van der Waals surface area contributed by atoms with Crippen LogP contribution in [0.25, 0.3) is 11.7 Å². The molecule has 7 heteroatoms. The van der Waals surface area contributed by atoms with Gasteiger partial charge in [-0.25, -0.2) is 0 Å². The number of amides is 1. The van der Waals surface area contributed by atoms with Gasteiger partial charge in [-0.3, -0.25) is 4.79 Å². The van der Waals surface area contributed by atoms with Gasteiger partial charge in [0.15, 0.2) is 5.76 Å². The number of benzene rings is 1. The molecule has 0 aliphatic rings. The van der Waals surface area contributed by atoms with E-state index in [0.717, 1.165) is 5.56 Å². The minimum atomic E-state index is -0.449. The molecule has 0 unspecified atom stereocenters. The van der Waals surface area contributed by atoms with Gasteiger partial charge in [-0.2, -0.15) is 0 Å². The van der Waals surface area contributed by atoms with Gasteiger partial charge in [0.05, 0.1) is 6.26 Å². The Morgan fingerprint density at radius 1 is 1.19 bits per heavy atom. The summed E-state index contributed by atoms with van der Waals surface area (Å²) in [6, 6.07) is 10.5. The molecular formula is C14H10ClN3O3. The Hall–Kier alpha value is -2.60. The highest BCUT2D eigenvalue weighted by Crippen LogP contribution is 2.17. The lowest BCUT2D eigenvalue weighted by atomic mass is 10.2. The van der Waals surface area contributed by atoms with Crippen LogP contribution in [0.4, 0.5) is 0 Å². The monoisotopic (exact) mass is 303 g/mol. The first-order chi connectivity index (χ1) is 10.2. The van der Waals surface area contributed by atoms with Crippen molar-refractivity contribution in [2.45, 2.75) is 6.54 Å². The van der Waals surface area contributed by atoms with E-state index >= 15 is 0 Å². The van der Waals surface area contributed by atoms with Gasteiger partial charge in [-0.1, -0.05) is 23.7 Å². The minimum Gasteiger partial charge on any atom is -0.459 e. The fourth-order valence-electron chi connectivity index (χ4n) is 1.68. The third-order valence-corrected chi connectivity index (χ3v) is 2.97. The van der Waals surface area contributed by atoms with Gasteiger partial charge in [0.1, 0.15) is 0 Å². The largest absolute Gasteiger partial charge is 0.459 e. The van der Waals surface area contributed by atoms with E-state index in [0.29, 0.717) is 17.3 Å². The molecule has 0 spiro atoms. The van der Waals surface area contributed by atoms with Gasteiger partial charge in [0.2, 0.25) is 0 Å². The van der Waals surface area contributed by atoms with Crippen molar-refractivity contribution >= 4 is 17.5 Å². The number of halogens is 1. The van der Waals surface area contributed by atoms with Gasteiger partial charge >= 0.3 is 11.8 Å². The van der Waals surface area contributed by atoms with E-state index in [2.05, 4.69) is 15.5 Å². The van der Waals surface area contributed by atoms with Gasteiger partial charge in [0.25, 0.3) is 5.89 Å². The summed E-state index contributed by atoms with van der Waals surface area (Å²) >= 11 is 5.79. The molecule has 0 bridgehead atoms. The third kappa shape index (κ3) is 3.11. The highest BCUT2D eigenvalue weighted by atomic mass is 35.5. The fraction of sp³-hybridized carbons (Fsp3) is 0.0714. The van der Waals surface area contributed by atoms with Crippen molar-refractivity contribution in [3.8, 4) is 11.7 Å². The van der Waals surface area contributed by atoms with Crippen molar-refractivity contribution in [3.05, 3.63) is 59.1 Å². The smallest absolute Gasteiger partial charge is 0.309 e. The maximum absolute atomic E-state index is 11.9. The Bertz CT molecular complexity index is 735. The molecular weight excluding hydrogens is 294 g/mol. The first kappa shape index (κ1) is 13.4. The Morgan fingerprint density at radius 2 is 2.00 bits per heavy atom. The molecule has 21 heavy (non-hydrogen) atoms. The van der Waals surface area contributed by atoms with Crippen LogP contribution >= 0.6 is 11.6 Å². The van der Waals surface area contributed by atoms with E-state index in [1.165, 1.54) is 6.26 Å². The molecule has 0 saturated heterocycles. The quantitative estimate of drug-likeness (QED) is 0.801. The lowest BCUT2D eigenvalue weighted by Gasteiger charge is -2.02. The topological polar surface area (TPSA) is 81.2 Å². The molecule has 1 N–H and O–H groups in total. The average molecular weight is 304 g/mol. The van der Waals surface area contributed by atoms with Crippen molar-refractivity contribution < 1.29 is 13.6 Å². The summed E-state index contributed by atoms with van der Waals surface area (Å²) in [6.07, 6.45) is 1.49. The van der Waals surface area contributed by atoms with Crippen molar-refractivity contribution in [2.24, 2.45) is 0 Å². The Balaban J connectivity index is 1.64. The zero-order chi connectivity index (χ0) is 14.7. The van der Waals surface area contributed by atoms with Crippen molar-refractivity contribution in [1.82, 2.24) is 15.5 Å².